The van der Waals surface area contributed by atoms with Crippen molar-refractivity contribution in [3.05, 3.63) is 93.5 Å². The van der Waals surface area contributed by atoms with Crippen molar-refractivity contribution in [1.29, 1.82) is 0 Å². The molecule has 7 nitrogen and oxygen atoms in total. The van der Waals surface area contributed by atoms with Crippen molar-refractivity contribution in [2.75, 3.05) is 10.8 Å². The minimum atomic E-state index is -4.15. The number of sulfonamides is 1. The van der Waals surface area contributed by atoms with E-state index in [1.54, 1.807) is 56.3 Å². The standard InChI is InChI=1S/C31H37Cl2N3O4S/c1-7-27(30(38)34-31(4,5)6)35(19-23-15-16-24(32)18-26(23)33)29(37)20-36(28-17-21(2)13-14-22(28)3)41(39,40)25-11-9-8-10-12-25/h8-18,27H,7,19-20H2,1-6H3,(H,34,38)/t27-/m1/s1. The molecule has 0 heterocycles. The highest BCUT2D eigenvalue weighted by molar-refractivity contribution is 7.92. The number of anilines is 1. The average molecular weight is 619 g/mol. The van der Waals surface area contributed by atoms with E-state index in [-0.39, 0.29) is 17.3 Å². The molecular formula is C31H37Cl2N3O4S. The van der Waals surface area contributed by atoms with Crippen molar-refractivity contribution < 1.29 is 18.0 Å². The third-order valence-corrected chi connectivity index (χ3v) is 8.84. The minimum absolute atomic E-state index is 0.0169. The van der Waals surface area contributed by atoms with Crippen molar-refractivity contribution in [2.24, 2.45) is 0 Å². The molecule has 1 atom stereocenters. The van der Waals surface area contributed by atoms with Gasteiger partial charge in [-0.05, 0) is 88.1 Å². The summed E-state index contributed by atoms with van der Waals surface area (Å²) in [6, 6.07) is 17.5. The Morgan fingerprint density at radius 2 is 1.61 bits per heavy atom. The van der Waals surface area contributed by atoms with Crippen LogP contribution in [0.3, 0.4) is 0 Å². The summed E-state index contributed by atoms with van der Waals surface area (Å²) in [4.78, 5) is 29.1. The predicted molar refractivity (Wildman–Crippen MR) is 166 cm³/mol. The minimum Gasteiger partial charge on any atom is -0.350 e. The van der Waals surface area contributed by atoms with Crippen molar-refractivity contribution in [3.63, 3.8) is 0 Å². The van der Waals surface area contributed by atoms with Gasteiger partial charge >= 0.3 is 0 Å². The van der Waals surface area contributed by atoms with Gasteiger partial charge in [-0.15, -0.1) is 0 Å². The van der Waals surface area contributed by atoms with E-state index in [1.807, 2.05) is 39.8 Å². The molecule has 1 N–H and O–H groups in total. The van der Waals surface area contributed by atoms with Gasteiger partial charge in [0.1, 0.15) is 12.6 Å². The second-order valence-electron chi connectivity index (χ2n) is 11.0. The number of hydrogen-bond donors (Lipinski definition) is 1. The van der Waals surface area contributed by atoms with Crippen LogP contribution in [0, 0.1) is 13.8 Å². The molecule has 0 saturated heterocycles. The third-order valence-electron chi connectivity index (χ3n) is 6.48. The highest BCUT2D eigenvalue weighted by atomic mass is 35.5. The topological polar surface area (TPSA) is 86.8 Å². The molecule has 41 heavy (non-hydrogen) atoms. The van der Waals surface area contributed by atoms with Crippen LogP contribution in [0.15, 0.2) is 71.6 Å². The largest absolute Gasteiger partial charge is 0.350 e. The summed E-state index contributed by atoms with van der Waals surface area (Å²) in [5.41, 5.74) is 1.95. The Hall–Kier alpha value is -3.07. The molecule has 0 saturated carbocycles. The molecule has 0 fully saturated rings. The van der Waals surface area contributed by atoms with Gasteiger partial charge in [0.15, 0.2) is 0 Å². The summed E-state index contributed by atoms with van der Waals surface area (Å²) < 4.78 is 29.1. The molecule has 0 aliphatic carbocycles. The summed E-state index contributed by atoms with van der Waals surface area (Å²) >= 11 is 12.6. The maximum Gasteiger partial charge on any atom is 0.264 e. The van der Waals surface area contributed by atoms with Crippen LogP contribution in [0.4, 0.5) is 5.69 Å². The Morgan fingerprint density at radius 1 is 0.951 bits per heavy atom. The summed E-state index contributed by atoms with van der Waals surface area (Å²) in [5, 5.41) is 3.73. The van der Waals surface area contributed by atoms with E-state index in [0.717, 1.165) is 9.87 Å². The van der Waals surface area contributed by atoms with E-state index in [1.165, 1.54) is 17.0 Å². The number of benzene rings is 3. The third kappa shape index (κ3) is 8.24. The van der Waals surface area contributed by atoms with E-state index >= 15 is 0 Å². The van der Waals surface area contributed by atoms with Crippen LogP contribution in [-0.2, 0) is 26.2 Å². The zero-order valence-electron chi connectivity index (χ0n) is 24.2. The maximum atomic E-state index is 14.2. The first-order valence-electron chi connectivity index (χ1n) is 13.3. The highest BCUT2D eigenvalue weighted by Crippen LogP contribution is 2.29. The van der Waals surface area contributed by atoms with Crippen molar-refractivity contribution in [1.82, 2.24) is 10.2 Å². The van der Waals surface area contributed by atoms with E-state index < -0.39 is 34.1 Å². The maximum absolute atomic E-state index is 14.2. The molecule has 0 unspecified atom stereocenters. The lowest BCUT2D eigenvalue weighted by Gasteiger charge is -2.35. The number of carbonyl (C=O) groups is 2. The van der Waals surface area contributed by atoms with Gasteiger partial charge in [0.2, 0.25) is 11.8 Å². The second kappa shape index (κ2) is 13.3. The fourth-order valence-corrected chi connectivity index (χ4v) is 6.39. The number of rotatable bonds is 10. The molecule has 0 bridgehead atoms. The number of aryl methyl sites for hydroxylation is 2. The summed E-state index contributed by atoms with van der Waals surface area (Å²) in [5.74, 6) is -0.894. The lowest BCUT2D eigenvalue weighted by atomic mass is 10.1. The van der Waals surface area contributed by atoms with Crippen LogP contribution < -0.4 is 9.62 Å². The van der Waals surface area contributed by atoms with Crippen LogP contribution in [0.5, 0.6) is 0 Å². The molecule has 3 aromatic rings. The fraction of sp³-hybridized carbons (Fsp3) is 0.355. The molecule has 0 spiro atoms. The van der Waals surface area contributed by atoms with E-state index in [2.05, 4.69) is 5.32 Å². The van der Waals surface area contributed by atoms with Gasteiger partial charge in [-0.1, -0.05) is 66.5 Å². The number of amides is 2. The van der Waals surface area contributed by atoms with Gasteiger partial charge in [-0.3, -0.25) is 13.9 Å². The van der Waals surface area contributed by atoms with Crippen molar-refractivity contribution in [2.45, 2.75) is 71.0 Å². The molecular weight excluding hydrogens is 581 g/mol. The summed E-state index contributed by atoms with van der Waals surface area (Å²) in [6.07, 6.45) is 0.299. The van der Waals surface area contributed by atoms with Crippen molar-refractivity contribution >= 4 is 50.7 Å². The summed E-state index contributed by atoms with van der Waals surface area (Å²) in [6.45, 7) is 10.5. The first-order chi connectivity index (χ1) is 19.1. The van der Waals surface area contributed by atoms with Crippen molar-refractivity contribution in [3.8, 4) is 0 Å². The predicted octanol–water partition coefficient (Wildman–Crippen LogP) is 6.53. The Bertz CT molecular complexity index is 1510. The molecule has 10 heteroatoms. The Kier molecular flexibility index (Phi) is 10.5. The number of hydrogen-bond acceptors (Lipinski definition) is 4. The van der Waals surface area contributed by atoms with Gasteiger partial charge in [0, 0.05) is 22.1 Å². The molecule has 0 aliphatic heterocycles. The molecule has 0 aliphatic rings. The molecule has 0 aromatic heterocycles. The average Bonchev–Trinajstić information content (AvgIpc) is 2.89. The highest BCUT2D eigenvalue weighted by Gasteiger charge is 2.35. The lowest BCUT2D eigenvalue weighted by Crippen LogP contribution is -2.55. The normalized spacial score (nSPS) is 12.5. The number of nitrogens with one attached hydrogen (secondary N) is 1. The van der Waals surface area contributed by atoms with E-state index in [9.17, 15) is 18.0 Å². The van der Waals surface area contributed by atoms with Crippen LogP contribution in [0.1, 0.15) is 50.8 Å². The Balaban J connectivity index is 2.13. The Labute approximate surface area is 253 Å². The fourth-order valence-electron chi connectivity index (χ4n) is 4.43. The molecule has 3 rings (SSSR count). The molecule has 2 amide bonds. The van der Waals surface area contributed by atoms with Crippen LogP contribution in [0.2, 0.25) is 10.0 Å². The SMILES string of the molecule is CC[C@H](C(=O)NC(C)(C)C)N(Cc1ccc(Cl)cc1Cl)C(=O)CN(c1cc(C)ccc1C)S(=O)(=O)c1ccccc1. The van der Waals surface area contributed by atoms with Crippen LogP contribution >= 0.6 is 23.2 Å². The second-order valence-corrected chi connectivity index (χ2v) is 13.7. The van der Waals surface area contributed by atoms with Gasteiger partial charge in [0.25, 0.3) is 10.0 Å². The monoisotopic (exact) mass is 617 g/mol. The molecule has 0 radical (unpaired) electrons. The van der Waals surface area contributed by atoms with E-state index in [4.69, 9.17) is 23.2 Å². The summed E-state index contributed by atoms with van der Waals surface area (Å²) in [7, 11) is -4.15. The van der Waals surface area contributed by atoms with E-state index in [0.29, 0.717) is 33.3 Å². The Morgan fingerprint density at radius 3 is 2.20 bits per heavy atom. The lowest BCUT2D eigenvalue weighted by molar-refractivity contribution is -0.141. The number of nitrogens with zero attached hydrogens (tertiary/aromatic N) is 2. The zero-order valence-corrected chi connectivity index (χ0v) is 26.6. The van der Waals surface area contributed by atoms with Gasteiger partial charge in [0.05, 0.1) is 10.6 Å². The van der Waals surface area contributed by atoms with Gasteiger partial charge < -0.3 is 10.2 Å². The quantitative estimate of drug-likeness (QED) is 0.280. The first-order valence-corrected chi connectivity index (χ1v) is 15.5. The molecule has 3 aromatic carbocycles. The van der Waals surface area contributed by atoms with Crippen LogP contribution in [0.25, 0.3) is 0 Å². The number of halogens is 2. The molecule has 220 valence electrons. The first kappa shape index (κ1) is 32.4. The smallest absolute Gasteiger partial charge is 0.264 e. The number of carbonyl (C=O) groups excluding carboxylic acids is 2. The van der Waals surface area contributed by atoms with Gasteiger partial charge in [-0.2, -0.15) is 0 Å². The van der Waals surface area contributed by atoms with Crippen LogP contribution in [-0.4, -0.2) is 43.3 Å². The zero-order chi connectivity index (χ0) is 30.5. The van der Waals surface area contributed by atoms with Gasteiger partial charge in [-0.25, -0.2) is 8.42 Å².